The van der Waals surface area contributed by atoms with Gasteiger partial charge in [0.2, 0.25) is 0 Å². The maximum atomic E-state index is 4.84. The van der Waals surface area contributed by atoms with Gasteiger partial charge in [-0.2, -0.15) is 0 Å². The van der Waals surface area contributed by atoms with Crippen molar-refractivity contribution in [3.05, 3.63) is 23.2 Å². The Labute approximate surface area is 178 Å². The van der Waals surface area contributed by atoms with Gasteiger partial charge in [-0.3, -0.25) is 4.40 Å². The molecule has 0 amide bonds. The molecule has 5 rings (SSSR count). The average Bonchev–Trinajstić information content (AvgIpc) is 3.37. The van der Waals surface area contributed by atoms with Crippen LogP contribution in [0.2, 0.25) is 0 Å². The molecule has 0 aromatic carbocycles. The molecule has 0 saturated carbocycles. The quantitative estimate of drug-likeness (QED) is 0.474. The zero-order chi connectivity index (χ0) is 17.7. The van der Waals surface area contributed by atoms with Crippen LogP contribution in [0.5, 0.6) is 0 Å². The van der Waals surface area contributed by atoms with Gasteiger partial charge in [-0.15, -0.1) is 12.4 Å². The molecule has 1 aliphatic rings. The molecule has 1 N–H and O–H groups in total. The average molecular weight is 487 g/mol. The fourth-order valence-corrected chi connectivity index (χ4v) is 5.73. The molecule has 27 heavy (non-hydrogen) atoms. The number of hydrogen-bond donors (Lipinski definition) is 1. The Morgan fingerprint density at radius 2 is 1.96 bits per heavy atom. The fraction of sp³-hybridized carbons (Fsp3) is 0.375. The Morgan fingerprint density at radius 3 is 2.74 bits per heavy atom. The molecule has 0 atom stereocenters. The van der Waals surface area contributed by atoms with Crippen LogP contribution in [0.25, 0.3) is 26.0 Å². The Kier molecular flexibility index (Phi) is 5.34. The highest BCUT2D eigenvalue weighted by atomic mass is 79.9. The topological polar surface area (TPSA) is 71.2 Å². The van der Waals surface area contributed by atoms with E-state index >= 15 is 0 Å². The lowest BCUT2D eigenvalue weighted by Gasteiger charge is -2.31. The predicted molar refractivity (Wildman–Crippen MR) is 117 cm³/mol. The summed E-state index contributed by atoms with van der Waals surface area (Å²) in [5.74, 6) is 0. The molecule has 0 bridgehead atoms. The van der Waals surface area contributed by atoms with E-state index in [4.69, 9.17) is 9.97 Å². The molecule has 4 aromatic heterocycles. The summed E-state index contributed by atoms with van der Waals surface area (Å²) in [6, 6.07) is 0.550. The van der Waals surface area contributed by atoms with E-state index in [1.54, 1.807) is 35.1 Å². The summed E-state index contributed by atoms with van der Waals surface area (Å²) < 4.78 is 2.83. The van der Waals surface area contributed by atoms with E-state index in [2.05, 4.69) is 43.2 Å². The second kappa shape index (κ2) is 7.59. The van der Waals surface area contributed by atoms with Crippen molar-refractivity contribution in [1.82, 2.24) is 29.7 Å². The van der Waals surface area contributed by atoms with E-state index in [-0.39, 0.29) is 12.4 Å². The lowest BCUT2D eigenvalue weighted by molar-refractivity contribution is 0.443. The number of thiazole rings is 2. The van der Waals surface area contributed by atoms with E-state index in [1.807, 2.05) is 10.6 Å². The number of nitrogens with zero attached hydrogens (tertiary/aromatic N) is 6. The van der Waals surface area contributed by atoms with Crippen molar-refractivity contribution in [2.24, 2.45) is 0 Å². The molecular weight excluding hydrogens is 470 g/mol. The molecular formula is C16H17BrClN7S2. The number of hydrogen-bond acceptors (Lipinski definition) is 8. The van der Waals surface area contributed by atoms with E-state index in [9.17, 15) is 0 Å². The van der Waals surface area contributed by atoms with E-state index in [0.29, 0.717) is 6.04 Å². The van der Waals surface area contributed by atoms with Gasteiger partial charge in [0, 0.05) is 25.5 Å². The normalized spacial score (nSPS) is 15.3. The van der Waals surface area contributed by atoms with Gasteiger partial charge < -0.3 is 10.2 Å². The zero-order valence-electron chi connectivity index (χ0n) is 14.4. The summed E-state index contributed by atoms with van der Waals surface area (Å²) in [5.41, 5.74) is 1.59. The maximum absolute atomic E-state index is 4.84. The molecule has 0 radical (unpaired) electrons. The van der Waals surface area contributed by atoms with E-state index < -0.39 is 0 Å². The summed E-state index contributed by atoms with van der Waals surface area (Å²) >= 11 is 6.73. The third-order valence-corrected chi connectivity index (χ3v) is 7.42. The first-order valence-electron chi connectivity index (χ1n) is 8.39. The molecule has 4 aromatic rings. The zero-order valence-corrected chi connectivity index (χ0v) is 18.5. The summed E-state index contributed by atoms with van der Waals surface area (Å²) in [6.45, 7) is 2.15. The van der Waals surface area contributed by atoms with Gasteiger partial charge in [-0.1, -0.05) is 22.7 Å². The highest BCUT2D eigenvalue weighted by molar-refractivity contribution is 9.10. The van der Waals surface area contributed by atoms with E-state index in [0.717, 1.165) is 61.7 Å². The number of nitrogens with one attached hydrogen (secondary N) is 1. The second-order valence-electron chi connectivity index (χ2n) is 6.27. The molecule has 1 saturated heterocycles. The summed E-state index contributed by atoms with van der Waals surface area (Å²) in [6.07, 6.45) is 7.77. The van der Waals surface area contributed by atoms with Crippen LogP contribution in [-0.4, -0.2) is 50.5 Å². The van der Waals surface area contributed by atoms with Gasteiger partial charge in [0.15, 0.2) is 20.4 Å². The third-order valence-electron chi connectivity index (χ3n) is 4.71. The molecule has 142 valence electrons. The van der Waals surface area contributed by atoms with Gasteiger partial charge >= 0.3 is 0 Å². The molecule has 11 heteroatoms. The molecule has 1 aliphatic heterocycles. The number of rotatable bonds is 3. The first kappa shape index (κ1) is 19.0. The summed E-state index contributed by atoms with van der Waals surface area (Å²) in [4.78, 5) is 22.8. The van der Waals surface area contributed by atoms with E-state index in [1.165, 1.54) is 0 Å². The number of imidazole rings is 1. The minimum atomic E-state index is 0. The minimum Gasteiger partial charge on any atom is -0.348 e. The standard InChI is InChI=1S/C16H16BrN7S2.ClH/c1-23(9-2-4-18-5-3-9)16-22-15-14(26-16)21-13(25-15)11-12-19-6-7-24(12)10(17)8-20-11;/h6-9,18H,2-5H2,1H3;1H. The first-order valence-corrected chi connectivity index (χ1v) is 10.8. The van der Waals surface area contributed by atoms with Crippen molar-refractivity contribution in [2.45, 2.75) is 18.9 Å². The third kappa shape index (κ3) is 3.33. The van der Waals surface area contributed by atoms with Gasteiger partial charge in [0.05, 0.1) is 6.20 Å². The molecule has 5 heterocycles. The number of halogens is 2. The van der Waals surface area contributed by atoms with Crippen molar-refractivity contribution >= 4 is 71.5 Å². The van der Waals surface area contributed by atoms with Crippen LogP contribution in [0.1, 0.15) is 12.8 Å². The Balaban J connectivity index is 0.00000180. The molecule has 0 unspecified atom stereocenters. The molecule has 0 spiro atoms. The first-order chi connectivity index (χ1) is 12.7. The van der Waals surface area contributed by atoms with Crippen LogP contribution < -0.4 is 10.2 Å². The fourth-order valence-electron chi connectivity index (χ4n) is 3.27. The summed E-state index contributed by atoms with van der Waals surface area (Å²) in [7, 11) is 2.14. The molecule has 7 nitrogen and oxygen atoms in total. The van der Waals surface area contributed by atoms with Crippen molar-refractivity contribution in [2.75, 3.05) is 25.0 Å². The van der Waals surface area contributed by atoms with Crippen LogP contribution >= 0.6 is 51.0 Å². The SMILES string of the molecule is CN(c1nc2sc(-c3ncc(Br)n4ccnc34)nc2s1)C1CCNCC1.Cl. The molecule has 1 fully saturated rings. The van der Waals surface area contributed by atoms with Crippen LogP contribution in [0.15, 0.2) is 23.2 Å². The Hall–Kier alpha value is -1.33. The number of aromatic nitrogens is 5. The van der Waals surface area contributed by atoms with Crippen LogP contribution in [0, 0.1) is 0 Å². The Morgan fingerprint density at radius 1 is 1.19 bits per heavy atom. The van der Waals surface area contributed by atoms with Gasteiger partial charge in [-0.05, 0) is 41.9 Å². The number of fused-ring (bicyclic) bond motifs is 2. The number of anilines is 1. The minimum absolute atomic E-state index is 0. The second-order valence-corrected chi connectivity index (χ2v) is 9.01. The lowest BCUT2D eigenvalue weighted by atomic mass is 10.1. The lowest BCUT2D eigenvalue weighted by Crippen LogP contribution is -2.41. The predicted octanol–water partition coefficient (Wildman–Crippen LogP) is 3.84. The van der Waals surface area contributed by atoms with Gasteiger partial charge in [-0.25, -0.2) is 19.9 Å². The van der Waals surface area contributed by atoms with Crippen LogP contribution in [0.4, 0.5) is 5.13 Å². The summed E-state index contributed by atoms with van der Waals surface area (Å²) in [5, 5.41) is 5.32. The van der Waals surface area contributed by atoms with Crippen molar-refractivity contribution < 1.29 is 0 Å². The van der Waals surface area contributed by atoms with Crippen molar-refractivity contribution in [3.8, 4) is 10.7 Å². The van der Waals surface area contributed by atoms with Crippen molar-refractivity contribution in [1.29, 1.82) is 0 Å². The smallest absolute Gasteiger partial charge is 0.188 e. The van der Waals surface area contributed by atoms with Crippen LogP contribution in [0.3, 0.4) is 0 Å². The van der Waals surface area contributed by atoms with Gasteiger partial charge in [0.25, 0.3) is 0 Å². The largest absolute Gasteiger partial charge is 0.348 e. The van der Waals surface area contributed by atoms with Gasteiger partial charge in [0.1, 0.15) is 15.3 Å². The Bertz CT molecular complexity index is 1050. The van der Waals surface area contributed by atoms with Crippen molar-refractivity contribution in [3.63, 3.8) is 0 Å². The van der Waals surface area contributed by atoms with Crippen LogP contribution in [-0.2, 0) is 0 Å². The maximum Gasteiger partial charge on any atom is 0.188 e. The highest BCUT2D eigenvalue weighted by Gasteiger charge is 2.22. The highest BCUT2D eigenvalue weighted by Crippen LogP contribution is 2.37. The number of piperidine rings is 1. The monoisotopic (exact) mass is 485 g/mol. The molecule has 0 aliphatic carbocycles.